The molecular formula is C11H19N4O3+. The SMILES string of the molecule is CCCN(CC)C(=O)c1c([N+](=O)OC)cnn1C. The topological polar surface area (TPSA) is 67.4 Å². The van der Waals surface area contributed by atoms with E-state index in [1.54, 1.807) is 11.9 Å². The van der Waals surface area contributed by atoms with Gasteiger partial charge in [0.2, 0.25) is 5.69 Å². The Kier molecular flexibility index (Phi) is 4.82. The predicted octanol–water partition coefficient (Wildman–Crippen LogP) is 1.26. The number of aryl methyl sites for hydroxylation is 1. The third kappa shape index (κ3) is 2.66. The van der Waals surface area contributed by atoms with Crippen LogP contribution in [0.1, 0.15) is 30.8 Å². The summed E-state index contributed by atoms with van der Waals surface area (Å²) in [6.45, 7) is 5.12. The Labute approximate surface area is 106 Å². The van der Waals surface area contributed by atoms with Crippen molar-refractivity contribution in [3.05, 3.63) is 16.8 Å². The zero-order valence-corrected chi connectivity index (χ0v) is 11.2. The van der Waals surface area contributed by atoms with Crippen LogP contribution in [0.4, 0.5) is 5.69 Å². The van der Waals surface area contributed by atoms with E-state index in [1.807, 2.05) is 13.8 Å². The van der Waals surface area contributed by atoms with Gasteiger partial charge in [-0.05, 0) is 13.3 Å². The molecule has 0 fully saturated rings. The maximum atomic E-state index is 12.3. The second-order valence-electron chi connectivity index (χ2n) is 3.83. The van der Waals surface area contributed by atoms with E-state index in [-0.39, 0.29) is 17.3 Å². The Balaban J connectivity index is 3.11. The van der Waals surface area contributed by atoms with Crippen molar-refractivity contribution in [1.82, 2.24) is 14.7 Å². The number of aromatic nitrogens is 2. The van der Waals surface area contributed by atoms with Gasteiger partial charge in [0.1, 0.15) is 6.20 Å². The normalized spacial score (nSPS) is 10.2. The summed E-state index contributed by atoms with van der Waals surface area (Å²) in [6.07, 6.45) is 2.18. The van der Waals surface area contributed by atoms with Crippen LogP contribution in [0.2, 0.25) is 0 Å². The average molecular weight is 255 g/mol. The third-order valence-corrected chi connectivity index (χ3v) is 2.65. The highest BCUT2D eigenvalue weighted by molar-refractivity contribution is 5.96. The third-order valence-electron chi connectivity index (χ3n) is 2.65. The van der Waals surface area contributed by atoms with Crippen molar-refractivity contribution >= 4 is 11.6 Å². The van der Waals surface area contributed by atoms with Crippen LogP contribution in [-0.4, -0.2) is 45.7 Å². The molecule has 0 aromatic carbocycles. The van der Waals surface area contributed by atoms with Gasteiger partial charge in [-0.15, -0.1) is 0 Å². The molecule has 0 unspecified atom stereocenters. The van der Waals surface area contributed by atoms with Gasteiger partial charge in [-0.2, -0.15) is 5.10 Å². The number of hydrogen-bond acceptors (Lipinski definition) is 4. The lowest BCUT2D eigenvalue weighted by atomic mass is 10.3. The summed E-state index contributed by atoms with van der Waals surface area (Å²) in [6, 6.07) is 0. The summed E-state index contributed by atoms with van der Waals surface area (Å²) in [4.78, 5) is 30.4. The van der Waals surface area contributed by atoms with Gasteiger partial charge >= 0.3 is 5.69 Å². The van der Waals surface area contributed by atoms with Crippen molar-refractivity contribution in [2.75, 3.05) is 20.2 Å². The lowest BCUT2D eigenvalue weighted by Crippen LogP contribution is -2.33. The van der Waals surface area contributed by atoms with Crippen LogP contribution in [0.25, 0.3) is 0 Å². The number of hydrogen-bond donors (Lipinski definition) is 0. The predicted molar refractivity (Wildman–Crippen MR) is 65.4 cm³/mol. The molecule has 0 spiro atoms. The first kappa shape index (κ1) is 14.1. The molecule has 7 nitrogen and oxygen atoms in total. The molecule has 1 aromatic heterocycles. The molecule has 0 atom stereocenters. The average Bonchev–Trinajstić information content (AvgIpc) is 2.76. The van der Waals surface area contributed by atoms with E-state index < -0.39 is 0 Å². The van der Waals surface area contributed by atoms with Crippen molar-refractivity contribution < 1.29 is 14.6 Å². The summed E-state index contributed by atoms with van der Waals surface area (Å²) in [5.74, 6) is -0.216. The summed E-state index contributed by atoms with van der Waals surface area (Å²) < 4.78 is 1.39. The van der Waals surface area contributed by atoms with Crippen LogP contribution in [0, 0.1) is 4.91 Å². The molecule has 0 aliphatic carbocycles. The van der Waals surface area contributed by atoms with Crippen LogP contribution < -0.4 is 0 Å². The summed E-state index contributed by atoms with van der Waals surface area (Å²) in [5.41, 5.74) is 0.363. The quantitative estimate of drug-likeness (QED) is 0.718. The maximum absolute atomic E-state index is 12.3. The number of nitrogens with zero attached hydrogens (tertiary/aromatic N) is 4. The van der Waals surface area contributed by atoms with Crippen molar-refractivity contribution in [3.63, 3.8) is 0 Å². The molecule has 1 rings (SSSR count). The fourth-order valence-corrected chi connectivity index (χ4v) is 1.73. The maximum Gasteiger partial charge on any atom is 0.367 e. The Bertz CT molecular complexity index is 441. The van der Waals surface area contributed by atoms with Gasteiger partial charge in [-0.3, -0.25) is 9.48 Å². The lowest BCUT2D eigenvalue weighted by molar-refractivity contribution is -0.736. The minimum atomic E-state index is -0.216. The van der Waals surface area contributed by atoms with E-state index in [2.05, 4.69) is 9.94 Å². The molecule has 1 heterocycles. The number of rotatable bonds is 6. The van der Waals surface area contributed by atoms with Gasteiger partial charge in [-0.1, -0.05) is 6.92 Å². The largest absolute Gasteiger partial charge is 0.367 e. The zero-order valence-electron chi connectivity index (χ0n) is 11.2. The molecule has 0 N–H and O–H groups in total. The summed E-state index contributed by atoms with van der Waals surface area (Å²) in [7, 11) is 2.87. The van der Waals surface area contributed by atoms with Gasteiger partial charge in [0.15, 0.2) is 7.11 Å². The standard InChI is InChI=1S/C11H19N4O3/c1-5-7-14(6-2)11(16)10-9(15(17)18-4)8-12-13(10)3/h8H,5-7H2,1-4H3/q+1. The number of amides is 1. The van der Waals surface area contributed by atoms with Gasteiger partial charge in [0.25, 0.3) is 10.8 Å². The van der Waals surface area contributed by atoms with Crippen LogP contribution in [0.15, 0.2) is 6.20 Å². The highest BCUT2D eigenvalue weighted by Gasteiger charge is 2.32. The van der Waals surface area contributed by atoms with E-state index in [0.717, 1.165) is 6.42 Å². The van der Waals surface area contributed by atoms with E-state index in [0.29, 0.717) is 18.0 Å². The Hall–Kier alpha value is -1.92. The molecular weight excluding hydrogens is 236 g/mol. The summed E-state index contributed by atoms with van der Waals surface area (Å²) >= 11 is 0. The van der Waals surface area contributed by atoms with Crippen molar-refractivity contribution in [2.45, 2.75) is 20.3 Å². The second kappa shape index (κ2) is 6.13. The zero-order chi connectivity index (χ0) is 13.7. The smallest absolute Gasteiger partial charge is 0.337 e. The second-order valence-corrected chi connectivity index (χ2v) is 3.83. The molecule has 0 aliphatic heterocycles. The van der Waals surface area contributed by atoms with Crippen LogP contribution in [-0.2, 0) is 11.9 Å². The van der Waals surface area contributed by atoms with Crippen molar-refractivity contribution in [2.24, 2.45) is 7.05 Å². The molecule has 0 radical (unpaired) electrons. The molecule has 100 valence electrons. The minimum Gasteiger partial charge on any atom is -0.337 e. The molecule has 1 aromatic rings. The number of carbonyl (C=O) groups is 1. The lowest BCUT2D eigenvalue weighted by Gasteiger charge is -2.19. The van der Waals surface area contributed by atoms with Crippen LogP contribution in [0.3, 0.4) is 0 Å². The van der Waals surface area contributed by atoms with Gasteiger partial charge in [0.05, 0.1) is 4.91 Å². The van der Waals surface area contributed by atoms with Crippen molar-refractivity contribution in [1.29, 1.82) is 0 Å². The molecule has 0 aliphatic rings. The van der Waals surface area contributed by atoms with Gasteiger partial charge < -0.3 is 4.90 Å². The molecule has 18 heavy (non-hydrogen) atoms. The molecule has 0 saturated heterocycles. The molecule has 0 saturated carbocycles. The van der Waals surface area contributed by atoms with E-state index in [9.17, 15) is 9.70 Å². The fourth-order valence-electron chi connectivity index (χ4n) is 1.73. The van der Waals surface area contributed by atoms with Gasteiger partial charge in [0, 0.05) is 20.1 Å². The highest BCUT2D eigenvalue weighted by atomic mass is 16.8. The first-order chi connectivity index (χ1) is 8.56. The van der Waals surface area contributed by atoms with E-state index >= 15 is 0 Å². The number of carbonyl (C=O) groups excluding carboxylic acids is 1. The fraction of sp³-hybridized carbons (Fsp3) is 0.636. The van der Waals surface area contributed by atoms with Crippen molar-refractivity contribution in [3.8, 4) is 0 Å². The van der Waals surface area contributed by atoms with E-state index in [1.165, 1.54) is 18.0 Å². The Morgan fingerprint density at radius 2 is 2.22 bits per heavy atom. The summed E-state index contributed by atoms with van der Waals surface area (Å²) in [5, 5.41) is 3.93. The molecule has 7 heteroatoms. The minimum absolute atomic E-state index is 0.125. The van der Waals surface area contributed by atoms with E-state index in [4.69, 9.17) is 0 Å². The Morgan fingerprint density at radius 3 is 2.72 bits per heavy atom. The van der Waals surface area contributed by atoms with Crippen LogP contribution in [0.5, 0.6) is 0 Å². The Morgan fingerprint density at radius 1 is 1.56 bits per heavy atom. The molecule has 1 amide bonds. The first-order valence-corrected chi connectivity index (χ1v) is 5.89. The molecule has 0 bridgehead atoms. The van der Waals surface area contributed by atoms with Gasteiger partial charge in [-0.25, -0.2) is 4.84 Å². The monoisotopic (exact) mass is 255 g/mol. The highest BCUT2D eigenvalue weighted by Crippen LogP contribution is 2.19. The van der Waals surface area contributed by atoms with Crippen LogP contribution >= 0.6 is 0 Å². The first-order valence-electron chi connectivity index (χ1n) is 5.89.